The van der Waals surface area contributed by atoms with E-state index in [2.05, 4.69) is 26.6 Å². The molecule has 0 aromatic rings. The summed E-state index contributed by atoms with van der Waals surface area (Å²) < 4.78 is 6.18. The van der Waals surface area contributed by atoms with E-state index in [1.54, 1.807) is 0 Å². The van der Waals surface area contributed by atoms with E-state index < -0.39 is 8.32 Å². The van der Waals surface area contributed by atoms with Gasteiger partial charge in [-0.25, -0.2) is 0 Å². The van der Waals surface area contributed by atoms with Crippen LogP contribution in [0.2, 0.25) is 19.6 Å². The summed E-state index contributed by atoms with van der Waals surface area (Å²) in [4.78, 5) is 0. The summed E-state index contributed by atoms with van der Waals surface area (Å²) in [6.45, 7) is 9.13. The van der Waals surface area contributed by atoms with Crippen molar-refractivity contribution in [3.8, 4) is 0 Å². The summed E-state index contributed by atoms with van der Waals surface area (Å²) in [5.41, 5.74) is 0.348. The van der Waals surface area contributed by atoms with Gasteiger partial charge in [-0.15, -0.1) is 0 Å². The van der Waals surface area contributed by atoms with E-state index in [1.165, 1.54) is 32.1 Å². The topological polar surface area (TPSA) is 9.23 Å². The zero-order valence-electron chi connectivity index (χ0n) is 8.94. The Hall–Kier alpha value is 0.177. The Morgan fingerprint density at radius 2 is 1.83 bits per heavy atom. The maximum Gasteiger partial charge on any atom is 0.184 e. The monoisotopic (exact) mass is 186 g/mol. The van der Waals surface area contributed by atoms with E-state index in [4.69, 9.17) is 4.43 Å². The predicted octanol–water partition coefficient (Wildman–Crippen LogP) is 3.56. The van der Waals surface area contributed by atoms with Crippen molar-refractivity contribution in [1.29, 1.82) is 0 Å². The van der Waals surface area contributed by atoms with Crippen LogP contribution < -0.4 is 0 Å². The van der Waals surface area contributed by atoms with Crippen LogP contribution in [0, 0.1) is 0 Å². The van der Waals surface area contributed by atoms with Gasteiger partial charge in [-0.2, -0.15) is 0 Å². The van der Waals surface area contributed by atoms with Crippen LogP contribution in [0.4, 0.5) is 0 Å². The second-order valence-corrected chi connectivity index (χ2v) is 9.43. The van der Waals surface area contributed by atoms with E-state index in [1.807, 2.05) is 0 Å². The lowest BCUT2D eigenvalue weighted by molar-refractivity contribution is 0.157. The highest BCUT2D eigenvalue weighted by Gasteiger charge is 2.45. The molecule has 0 unspecified atom stereocenters. The second-order valence-electron chi connectivity index (χ2n) is 5.00. The van der Waals surface area contributed by atoms with Crippen molar-refractivity contribution < 1.29 is 4.43 Å². The van der Waals surface area contributed by atoms with Gasteiger partial charge in [0.25, 0.3) is 0 Å². The molecular weight excluding hydrogens is 164 g/mol. The molecule has 2 heteroatoms. The Kier molecular flexibility index (Phi) is 3.00. The molecule has 1 nitrogen and oxygen atoms in total. The summed E-state index contributed by atoms with van der Waals surface area (Å²) in [6, 6.07) is 0. The first-order valence-electron chi connectivity index (χ1n) is 5.18. The molecule has 0 bridgehead atoms. The van der Waals surface area contributed by atoms with Crippen LogP contribution in [0.3, 0.4) is 0 Å². The Bertz CT molecular complexity index is 144. The Labute approximate surface area is 77.6 Å². The third kappa shape index (κ3) is 3.28. The van der Waals surface area contributed by atoms with Crippen molar-refractivity contribution in [3.05, 3.63) is 0 Å². The van der Waals surface area contributed by atoms with Crippen LogP contribution in [0.5, 0.6) is 0 Å². The van der Waals surface area contributed by atoms with Crippen LogP contribution in [0.1, 0.15) is 39.0 Å². The van der Waals surface area contributed by atoms with E-state index >= 15 is 0 Å². The molecular formula is C10H22OSi. The highest BCUT2D eigenvalue weighted by Crippen LogP contribution is 2.45. The average molecular weight is 186 g/mol. The van der Waals surface area contributed by atoms with Crippen LogP contribution >= 0.6 is 0 Å². The van der Waals surface area contributed by atoms with Gasteiger partial charge < -0.3 is 4.43 Å². The first-order valence-corrected chi connectivity index (χ1v) is 8.58. The number of hydrogen-bond donors (Lipinski definition) is 0. The van der Waals surface area contributed by atoms with Gasteiger partial charge in [0, 0.05) is 0 Å². The minimum Gasteiger partial charge on any atom is -0.412 e. The quantitative estimate of drug-likeness (QED) is 0.597. The van der Waals surface area contributed by atoms with Gasteiger partial charge in [-0.05, 0) is 38.9 Å². The third-order valence-electron chi connectivity index (χ3n) is 2.32. The first kappa shape index (κ1) is 10.3. The molecule has 1 saturated carbocycles. The Balaban J connectivity index is 2.30. The van der Waals surface area contributed by atoms with Crippen LogP contribution in [0.25, 0.3) is 0 Å². The summed E-state index contributed by atoms with van der Waals surface area (Å²) in [7, 11) is -1.28. The smallest absolute Gasteiger partial charge is 0.184 e. The molecule has 1 fully saturated rings. The Morgan fingerprint density at radius 3 is 2.17 bits per heavy atom. The molecule has 0 N–H and O–H groups in total. The zero-order chi connectivity index (χ0) is 9.24. The van der Waals surface area contributed by atoms with Gasteiger partial charge in [-0.3, -0.25) is 0 Å². The molecule has 0 heterocycles. The lowest BCUT2D eigenvalue weighted by Gasteiger charge is -2.26. The molecule has 72 valence electrons. The minimum atomic E-state index is -1.28. The molecule has 0 amide bonds. The molecule has 1 aliphatic carbocycles. The van der Waals surface area contributed by atoms with Gasteiger partial charge in [0.15, 0.2) is 8.32 Å². The summed E-state index contributed by atoms with van der Waals surface area (Å²) in [6.07, 6.45) is 6.57. The van der Waals surface area contributed by atoms with Crippen LogP contribution in [-0.2, 0) is 4.43 Å². The lowest BCUT2D eigenvalue weighted by Crippen LogP contribution is -2.33. The highest BCUT2D eigenvalue weighted by atomic mass is 28.4. The lowest BCUT2D eigenvalue weighted by atomic mass is 10.1. The maximum absolute atomic E-state index is 6.18. The van der Waals surface area contributed by atoms with Crippen molar-refractivity contribution in [2.45, 2.75) is 64.3 Å². The number of unbranched alkanes of at least 4 members (excludes halogenated alkanes) is 1. The van der Waals surface area contributed by atoms with Gasteiger partial charge in [0.1, 0.15) is 0 Å². The Morgan fingerprint density at radius 1 is 1.25 bits per heavy atom. The molecule has 0 aromatic carbocycles. The average Bonchev–Trinajstić information content (AvgIpc) is 2.62. The molecule has 1 rings (SSSR count). The van der Waals surface area contributed by atoms with E-state index in [0.717, 1.165) is 0 Å². The molecule has 0 aromatic heterocycles. The summed E-state index contributed by atoms with van der Waals surface area (Å²) in [5, 5.41) is 0. The molecule has 12 heavy (non-hydrogen) atoms. The second kappa shape index (κ2) is 3.50. The largest absolute Gasteiger partial charge is 0.412 e. The van der Waals surface area contributed by atoms with Crippen molar-refractivity contribution >= 4 is 8.32 Å². The van der Waals surface area contributed by atoms with Crippen molar-refractivity contribution in [1.82, 2.24) is 0 Å². The molecule has 0 atom stereocenters. The van der Waals surface area contributed by atoms with Crippen molar-refractivity contribution in [3.63, 3.8) is 0 Å². The fraction of sp³-hybridized carbons (Fsp3) is 1.00. The van der Waals surface area contributed by atoms with E-state index in [9.17, 15) is 0 Å². The van der Waals surface area contributed by atoms with Gasteiger partial charge in [-0.1, -0.05) is 19.8 Å². The van der Waals surface area contributed by atoms with Gasteiger partial charge in [0.2, 0.25) is 0 Å². The third-order valence-corrected chi connectivity index (χ3v) is 3.36. The van der Waals surface area contributed by atoms with E-state index in [-0.39, 0.29) is 0 Å². The van der Waals surface area contributed by atoms with Crippen LogP contribution in [0.15, 0.2) is 0 Å². The first-order chi connectivity index (χ1) is 5.47. The van der Waals surface area contributed by atoms with Crippen molar-refractivity contribution in [2.24, 2.45) is 0 Å². The molecule has 1 aliphatic rings. The normalized spacial score (nSPS) is 21.0. The standard InChI is InChI=1S/C10H22OSi/c1-5-6-7-10(8-9-10)11-12(2,3)4/h5-9H2,1-4H3. The predicted molar refractivity (Wildman–Crippen MR) is 55.9 cm³/mol. The van der Waals surface area contributed by atoms with Gasteiger partial charge in [0.05, 0.1) is 5.60 Å². The zero-order valence-corrected chi connectivity index (χ0v) is 9.94. The van der Waals surface area contributed by atoms with Crippen LogP contribution in [-0.4, -0.2) is 13.9 Å². The van der Waals surface area contributed by atoms with E-state index in [0.29, 0.717) is 5.60 Å². The molecule has 0 saturated heterocycles. The number of rotatable bonds is 5. The maximum atomic E-state index is 6.18. The summed E-state index contributed by atoms with van der Waals surface area (Å²) in [5.74, 6) is 0. The van der Waals surface area contributed by atoms with Crippen molar-refractivity contribution in [2.75, 3.05) is 0 Å². The van der Waals surface area contributed by atoms with Gasteiger partial charge >= 0.3 is 0 Å². The SMILES string of the molecule is CCCCC1(O[Si](C)(C)C)CC1. The summed E-state index contributed by atoms with van der Waals surface area (Å²) >= 11 is 0. The molecule has 0 radical (unpaired) electrons. The fourth-order valence-electron chi connectivity index (χ4n) is 1.69. The molecule has 0 aliphatic heterocycles. The highest BCUT2D eigenvalue weighted by molar-refractivity contribution is 6.69. The molecule has 0 spiro atoms. The fourth-order valence-corrected chi connectivity index (χ4v) is 3.30. The minimum absolute atomic E-state index is 0.348. The number of hydrogen-bond acceptors (Lipinski definition) is 1.